The van der Waals surface area contributed by atoms with Gasteiger partial charge in [0, 0.05) is 25.9 Å². The van der Waals surface area contributed by atoms with Crippen LogP contribution in [0, 0.1) is 0 Å². The lowest BCUT2D eigenvalue weighted by Gasteiger charge is -2.40. The molecule has 0 aliphatic carbocycles. The van der Waals surface area contributed by atoms with E-state index in [0.29, 0.717) is 19.5 Å². The van der Waals surface area contributed by atoms with Crippen LogP contribution in [0.1, 0.15) is 77.0 Å². The van der Waals surface area contributed by atoms with Crippen LogP contribution in [0.5, 0.6) is 0 Å². The summed E-state index contributed by atoms with van der Waals surface area (Å²) in [5.41, 5.74) is 5.34. The normalized spacial score (nSPS) is 25.5. The molecule has 188 valence electrons. The summed E-state index contributed by atoms with van der Waals surface area (Å²) in [7, 11) is 0. The van der Waals surface area contributed by atoms with Crippen molar-refractivity contribution in [3.05, 3.63) is 0 Å². The number of unbranched alkanes of at least 4 members (excludes halogenated alkanes) is 9. The van der Waals surface area contributed by atoms with E-state index in [2.05, 4.69) is 10.6 Å². The van der Waals surface area contributed by atoms with Crippen molar-refractivity contribution in [2.75, 3.05) is 19.7 Å². The van der Waals surface area contributed by atoms with E-state index in [1.165, 1.54) is 12.8 Å². The van der Waals surface area contributed by atoms with Gasteiger partial charge in [0.1, 0.15) is 24.4 Å². The lowest BCUT2D eigenvalue weighted by Crippen LogP contribution is -2.63. The van der Waals surface area contributed by atoms with Crippen LogP contribution in [0.25, 0.3) is 0 Å². The van der Waals surface area contributed by atoms with Gasteiger partial charge in [0.25, 0.3) is 0 Å². The average molecular weight is 462 g/mol. The molecule has 0 aromatic heterocycles. The van der Waals surface area contributed by atoms with Gasteiger partial charge in [0.2, 0.25) is 11.8 Å². The Balaban J connectivity index is 1.97. The van der Waals surface area contributed by atoms with Crippen molar-refractivity contribution in [1.82, 2.24) is 10.6 Å². The standard InChI is InChI=1S/C22H43N3O7/c23-13-14-24-17(27)11-9-7-5-3-1-2-4-6-8-10-12-18(28)25-22-21(31)20(30)19(29)16(15-26)32-22/h16,19-22,26,29-31H,1-15,23H2,(H,24,27)(H,25,28)/t16-,19-,20+,21-,22-/m1/s1. The fourth-order valence-electron chi connectivity index (χ4n) is 3.74. The predicted molar refractivity (Wildman–Crippen MR) is 119 cm³/mol. The smallest absolute Gasteiger partial charge is 0.222 e. The number of nitrogens with two attached hydrogens (primary N) is 1. The number of amides is 2. The van der Waals surface area contributed by atoms with Gasteiger partial charge in [-0.05, 0) is 12.8 Å². The van der Waals surface area contributed by atoms with Gasteiger partial charge in [-0.15, -0.1) is 0 Å². The number of ether oxygens (including phenoxy) is 1. The largest absolute Gasteiger partial charge is 0.394 e. The summed E-state index contributed by atoms with van der Waals surface area (Å²) in [6, 6.07) is 0. The molecule has 5 atom stereocenters. The van der Waals surface area contributed by atoms with Gasteiger partial charge in [0.05, 0.1) is 6.61 Å². The summed E-state index contributed by atoms with van der Waals surface area (Å²) < 4.78 is 5.27. The number of hydrogen-bond acceptors (Lipinski definition) is 8. The highest BCUT2D eigenvalue weighted by Crippen LogP contribution is 2.20. The number of carbonyl (C=O) groups is 2. The van der Waals surface area contributed by atoms with Gasteiger partial charge in [-0.25, -0.2) is 0 Å². The predicted octanol–water partition coefficient (Wildman–Crippen LogP) is -0.341. The van der Waals surface area contributed by atoms with E-state index >= 15 is 0 Å². The summed E-state index contributed by atoms with van der Waals surface area (Å²) in [6.45, 7) is 0.493. The van der Waals surface area contributed by atoms with Crippen LogP contribution < -0.4 is 16.4 Å². The molecule has 10 heteroatoms. The molecule has 1 heterocycles. The Morgan fingerprint density at radius 1 is 0.750 bits per heavy atom. The molecular formula is C22H43N3O7. The number of rotatable bonds is 17. The molecule has 2 amide bonds. The van der Waals surface area contributed by atoms with Crippen LogP contribution in [0.15, 0.2) is 0 Å². The molecule has 10 nitrogen and oxygen atoms in total. The van der Waals surface area contributed by atoms with E-state index in [1.54, 1.807) is 0 Å². The maximum Gasteiger partial charge on any atom is 0.222 e. The SMILES string of the molecule is NCCNC(=O)CCCCCCCCCCCCC(=O)N[C@@H]1O[C@H](CO)[C@@H](O)[C@H](O)[C@H]1O. The second-order valence-corrected chi connectivity index (χ2v) is 8.49. The van der Waals surface area contributed by atoms with Crippen molar-refractivity contribution in [1.29, 1.82) is 0 Å². The number of nitrogens with one attached hydrogen (secondary N) is 2. The van der Waals surface area contributed by atoms with Gasteiger partial charge in [-0.3, -0.25) is 9.59 Å². The topological polar surface area (TPSA) is 174 Å². The lowest BCUT2D eigenvalue weighted by atomic mass is 9.98. The third-order valence-electron chi connectivity index (χ3n) is 5.72. The minimum Gasteiger partial charge on any atom is -0.394 e. The van der Waals surface area contributed by atoms with Crippen LogP contribution in [-0.4, -0.2) is 82.6 Å². The molecule has 0 saturated carbocycles. The van der Waals surface area contributed by atoms with Crippen molar-refractivity contribution >= 4 is 11.8 Å². The third-order valence-corrected chi connectivity index (χ3v) is 5.72. The summed E-state index contributed by atoms with van der Waals surface area (Å²) >= 11 is 0. The van der Waals surface area contributed by atoms with Crippen LogP contribution in [0.3, 0.4) is 0 Å². The molecule has 1 fully saturated rings. The molecule has 0 spiro atoms. The Hall–Kier alpha value is -1.30. The molecular weight excluding hydrogens is 418 g/mol. The molecule has 0 unspecified atom stereocenters. The molecule has 0 aromatic carbocycles. The number of aliphatic hydroxyl groups is 4. The van der Waals surface area contributed by atoms with E-state index in [4.69, 9.17) is 10.5 Å². The zero-order valence-corrected chi connectivity index (χ0v) is 19.1. The number of hydrogen-bond donors (Lipinski definition) is 7. The van der Waals surface area contributed by atoms with Gasteiger partial charge in [-0.1, -0.05) is 51.4 Å². The molecule has 0 radical (unpaired) electrons. The number of aliphatic hydroxyl groups excluding tert-OH is 4. The second kappa shape index (κ2) is 17.2. The van der Waals surface area contributed by atoms with Crippen molar-refractivity contribution in [2.24, 2.45) is 5.73 Å². The molecule has 1 aliphatic rings. The fraction of sp³-hybridized carbons (Fsp3) is 0.909. The first-order valence-electron chi connectivity index (χ1n) is 12.0. The van der Waals surface area contributed by atoms with E-state index in [9.17, 15) is 30.0 Å². The Bertz CT molecular complexity index is 522. The minimum atomic E-state index is -1.49. The van der Waals surface area contributed by atoms with E-state index in [-0.39, 0.29) is 18.2 Å². The molecule has 1 rings (SSSR count). The first-order valence-corrected chi connectivity index (χ1v) is 12.0. The first kappa shape index (κ1) is 28.7. The minimum absolute atomic E-state index is 0.0809. The first-order chi connectivity index (χ1) is 15.4. The fourth-order valence-corrected chi connectivity index (χ4v) is 3.74. The summed E-state index contributed by atoms with van der Waals surface area (Å²) in [5.74, 6) is -0.219. The Kier molecular flexibility index (Phi) is 15.5. The molecule has 1 aliphatic heterocycles. The molecule has 0 aromatic rings. The third kappa shape index (κ3) is 11.5. The summed E-state index contributed by atoms with van der Waals surface area (Å²) in [4.78, 5) is 23.5. The zero-order chi connectivity index (χ0) is 23.8. The molecule has 0 bridgehead atoms. The van der Waals surface area contributed by atoms with Crippen molar-refractivity contribution < 1.29 is 34.8 Å². The summed E-state index contributed by atoms with van der Waals surface area (Å²) in [6.07, 6.45) is 4.75. The van der Waals surface area contributed by atoms with Crippen molar-refractivity contribution in [3.63, 3.8) is 0 Å². The highest BCUT2D eigenvalue weighted by molar-refractivity contribution is 5.76. The second-order valence-electron chi connectivity index (χ2n) is 8.49. The molecule has 8 N–H and O–H groups in total. The highest BCUT2D eigenvalue weighted by Gasteiger charge is 2.43. The van der Waals surface area contributed by atoms with Gasteiger partial charge in [0.15, 0.2) is 6.23 Å². The zero-order valence-electron chi connectivity index (χ0n) is 19.1. The van der Waals surface area contributed by atoms with Crippen molar-refractivity contribution in [2.45, 2.75) is 108 Å². The van der Waals surface area contributed by atoms with E-state index in [0.717, 1.165) is 51.4 Å². The highest BCUT2D eigenvalue weighted by atomic mass is 16.6. The maximum atomic E-state index is 12.1. The van der Waals surface area contributed by atoms with Crippen LogP contribution in [-0.2, 0) is 14.3 Å². The van der Waals surface area contributed by atoms with E-state index < -0.39 is 37.3 Å². The maximum absolute atomic E-state index is 12.1. The van der Waals surface area contributed by atoms with Crippen molar-refractivity contribution in [3.8, 4) is 0 Å². The Morgan fingerprint density at radius 3 is 1.75 bits per heavy atom. The molecule has 32 heavy (non-hydrogen) atoms. The average Bonchev–Trinajstić information content (AvgIpc) is 2.78. The Labute approximate surface area is 190 Å². The lowest BCUT2D eigenvalue weighted by molar-refractivity contribution is -0.236. The Morgan fingerprint density at radius 2 is 1.25 bits per heavy atom. The quantitative estimate of drug-likeness (QED) is 0.144. The van der Waals surface area contributed by atoms with E-state index in [1.807, 2.05) is 0 Å². The van der Waals surface area contributed by atoms with Crippen LogP contribution in [0.4, 0.5) is 0 Å². The van der Waals surface area contributed by atoms with Gasteiger partial charge >= 0.3 is 0 Å². The van der Waals surface area contributed by atoms with Crippen LogP contribution in [0.2, 0.25) is 0 Å². The summed E-state index contributed by atoms with van der Waals surface area (Å²) in [5, 5.41) is 43.9. The van der Waals surface area contributed by atoms with Gasteiger partial charge in [-0.2, -0.15) is 0 Å². The number of carbonyl (C=O) groups excluding carboxylic acids is 2. The monoisotopic (exact) mass is 461 g/mol. The van der Waals surface area contributed by atoms with Crippen LogP contribution >= 0.6 is 0 Å². The molecule has 1 saturated heterocycles. The van der Waals surface area contributed by atoms with Gasteiger partial charge < -0.3 is 41.5 Å².